The average Bonchev–Trinajstić information content (AvgIpc) is 2.75. The average molecular weight is 438 g/mol. The van der Waals surface area contributed by atoms with E-state index in [2.05, 4.69) is 0 Å². The number of hydrogen-bond acceptors (Lipinski definition) is 11. The van der Waals surface area contributed by atoms with Crippen molar-refractivity contribution in [1.29, 1.82) is 0 Å². The number of ketones is 1. The van der Waals surface area contributed by atoms with Gasteiger partial charge in [-0.15, -0.1) is 0 Å². The molecule has 1 aliphatic rings. The second-order valence-corrected chi connectivity index (χ2v) is 6.84. The van der Waals surface area contributed by atoms with Crippen LogP contribution in [0.1, 0.15) is 15.9 Å². The standard InChI is InChI=1S/C20H22O11/c1-29-11-6-10(23)13(14(24)8-2-4-9(22)5-3-8)16(26)19(11)31-20-18(28)17(27)15(25)12(7-21)30-20/h2-6,12,15,17-18,20-23,25-28H,7H2,1H3/t12-,15-,17+,18-,20+/m1/s1. The number of rotatable bonds is 6. The van der Waals surface area contributed by atoms with Crippen LogP contribution in [0, 0.1) is 0 Å². The molecule has 1 saturated heterocycles. The highest BCUT2D eigenvalue weighted by molar-refractivity contribution is 6.13. The largest absolute Gasteiger partial charge is 0.508 e. The molecule has 2 aromatic rings. The summed E-state index contributed by atoms with van der Waals surface area (Å²) in [6.07, 6.45) is -8.09. The van der Waals surface area contributed by atoms with Crippen LogP contribution in [0.25, 0.3) is 0 Å². The number of ether oxygens (including phenoxy) is 3. The summed E-state index contributed by atoms with van der Waals surface area (Å²) in [6.45, 7) is -0.700. The lowest BCUT2D eigenvalue weighted by Gasteiger charge is -2.39. The molecule has 5 atom stereocenters. The molecule has 3 rings (SSSR count). The van der Waals surface area contributed by atoms with Crippen LogP contribution in [0.4, 0.5) is 0 Å². The van der Waals surface area contributed by atoms with Crippen molar-refractivity contribution >= 4 is 5.78 Å². The molecule has 1 aliphatic heterocycles. The molecular weight excluding hydrogens is 416 g/mol. The van der Waals surface area contributed by atoms with E-state index in [1.807, 2.05) is 0 Å². The van der Waals surface area contributed by atoms with E-state index in [1.165, 1.54) is 31.4 Å². The number of phenols is 3. The Hall–Kier alpha value is -3.09. The molecule has 0 aromatic heterocycles. The maximum Gasteiger partial charge on any atom is 0.229 e. The first kappa shape index (κ1) is 22.6. The van der Waals surface area contributed by atoms with Crippen LogP contribution >= 0.6 is 0 Å². The number of aliphatic hydroxyl groups is 4. The monoisotopic (exact) mass is 438 g/mol. The number of aromatic hydroxyl groups is 3. The molecule has 0 spiro atoms. The van der Waals surface area contributed by atoms with Crippen LogP contribution in [0.2, 0.25) is 0 Å². The van der Waals surface area contributed by atoms with Gasteiger partial charge in [0, 0.05) is 11.6 Å². The van der Waals surface area contributed by atoms with Gasteiger partial charge >= 0.3 is 0 Å². The fraction of sp³-hybridized carbons (Fsp3) is 0.350. The maximum atomic E-state index is 12.8. The third-order valence-electron chi connectivity index (χ3n) is 4.86. The Bertz CT molecular complexity index is 941. The van der Waals surface area contributed by atoms with Crippen molar-refractivity contribution in [1.82, 2.24) is 0 Å². The van der Waals surface area contributed by atoms with Crippen molar-refractivity contribution < 1.29 is 54.8 Å². The highest BCUT2D eigenvalue weighted by atomic mass is 16.7. The van der Waals surface area contributed by atoms with E-state index < -0.39 is 65.9 Å². The number of phenolic OH excluding ortho intramolecular Hbond substituents is 3. The van der Waals surface area contributed by atoms with Gasteiger partial charge in [0.15, 0.2) is 11.5 Å². The van der Waals surface area contributed by atoms with E-state index in [0.717, 1.165) is 6.07 Å². The molecule has 0 amide bonds. The van der Waals surface area contributed by atoms with Gasteiger partial charge < -0.3 is 50.0 Å². The van der Waals surface area contributed by atoms with Crippen LogP contribution in [0.15, 0.2) is 30.3 Å². The smallest absolute Gasteiger partial charge is 0.229 e. The van der Waals surface area contributed by atoms with Crippen molar-refractivity contribution in [2.24, 2.45) is 0 Å². The lowest BCUT2D eigenvalue weighted by atomic mass is 9.99. The Morgan fingerprint density at radius 2 is 1.68 bits per heavy atom. The van der Waals surface area contributed by atoms with Crippen LogP contribution in [0.5, 0.6) is 28.7 Å². The van der Waals surface area contributed by atoms with E-state index in [0.29, 0.717) is 0 Å². The van der Waals surface area contributed by atoms with Crippen LogP contribution in [-0.4, -0.2) is 86.0 Å². The summed E-state index contributed by atoms with van der Waals surface area (Å²) in [4.78, 5) is 12.8. The Morgan fingerprint density at radius 1 is 1.03 bits per heavy atom. The molecule has 11 heteroatoms. The van der Waals surface area contributed by atoms with Crippen LogP contribution in [-0.2, 0) is 4.74 Å². The molecule has 0 radical (unpaired) electrons. The lowest BCUT2D eigenvalue weighted by Crippen LogP contribution is -2.60. The molecule has 0 bridgehead atoms. The van der Waals surface area contributed by atoms with E-state index in [-0.39, 0.29) is 17.1 Å². The molecule has 11 nitrogen and oxygen atoms in total. The SMILES string of the molecule is COc1cc(O)c(C(=O)c2ccc(O)cc2)c(O)c1O[C@@H]1O[C@H](CO)[C@@H](O)[C@H](O)[C@H]1O. The van der Waals surface area contributed by atoms with Crippen molar-refractivity contribution in [2.45, 2.75) is 30.7 Å². The first-order valence-corrected chi connectivity index (χ1v) is 9.13. The minimum Gasteiger partial charge on any atom is -0.508 e. The molecular formula is C20H22O11. The number of carbonyl (C=O) groups is 1. The first-order chi connectivity index (χ1) is 14.7. The Balaban J connectivity index is 2.01. The molecule has 1 fully saturated rings. The molecule has 0 unspecified atom stereocenters. The van der Waals surface area contributed by atoms with Crippen molar-refractivity contribution in [3.05, 3.63) is 41.5 Å². The molecule has 31 heavy (non-hydrogen) atoms. The van der Waals surface area contributed by atoms with Gasteiger partial charge in [0.1, 0.15) is 41.5 Å². The van der Waals surface area contributed by atoms with Gasteiger partial charge in [-0.05, 0) is 24.3 Å². The molecule has 2 aromatic carbocycles. The number of benzene rings is 2. The molecule has 0 aliphatic carbocycles. The predicted octanol–water partition coefficient (Wildman–Crippen LogP) is -0.778. The summed E-state index contributed by atoms with van der Waals surface area (Å²) in [5.74, 6) is -3.09. The first-order valence-electron chi connectivity index (χ1n) is 9.13. The molecule has 0 saturated carbocycles. The second-order valence-electron chi connectivity index (χ2n) is 6.84. The maximum absolute atomic E-state index is 12.8. The highest BCUT2D eigenvalue weighted by Gasteiger charge is 2.45. The molecule has 1 heterocycles. The van der Waals surface area contributed by atoms with E-state index in [4.69, 9.17) is 14.2 Å². The zero-order valence-electron chi connectivity index (χ0n) is 16.2. The lowest BCUT2D eigenvalue weighted by molar-refractivity contribution is -0.277. The zero-order chi connectivity index (χ0) is 22.9. The van der Waals surface area contributed by atoms with Crippen molar-refractivity contribution in [3.8, 4) is 28.7 Å². The normalized spacial score (nSPS) is 25.8. The van der Waals surface area contributed by atoms with E-state index in [9.17, 15) is 40.5 Å². The predicted molar refractivity (Wildman–Crippen MR) is 102 cm³/mol. The van der Waals surface area contributed by atoms with Gasteiger partial charge in [0.05, 0.1) is 13.7 Å². The van der Waals surface area contributed by atoms with Gasteiger partial charge in [0.2, 0.25) is 17.8 Å². The topological polar surface area (TPSA) is 186 Å². The van der Waals surface area contributed by atoms with Crippen LogP contribution < -0.4 is 9.47 Å². The zero-order valence-corrected chi connectivity index (χ0v) is 16.2. The number of carbonyl (C=O) groups excluding carboxylic acids is 1. The minimum atomic E-state index is -1.79. The summed E-state index contributed by atoms with van der Waals surface area (Å²) < 4.78 is 15.7. The molecule has 7 N–H and O–H groups in total. The summed E-state index contributed by atoms with van der Waals surface area (Å²) in [5.41, 5.74) is -0.515. The quantitative estimate of drug-likeness (QED) is 0.281. The fourth-order valence-corrected chi connectivity index (χ4v) is 3.14. The Labute approximate surface area is 175 Å². The minimum absolute atomic E-state index is 0.0346. The molecule has 168 valence electrons. The third kappa shape index (κ3) is 4.22. The van der Waals surface area contributed by atoms with Crippen LogP contribution in [0.3, 0.4) is 0 Å². The Morgan fingerprint density at radius 3 is 2.26 bits per heavy atom. The van der Waals surface area contributed by atoms with Crippen molar-refractivity contribution in [3.63, 3.8) is 0 Å². The fourth-order valence-electron chi connectivity index (χ4n) is 3.14. The van der Waals surface area contributed by atoms with Gasteiger partial charge in [-0.3, -0.25) is 4.79 Å². The number of aliphatic hydroxyl groups excluding tert-OH is 4. The summed E-state index contributed by atoms with van der Waals surface area (Å²) in [5, 5.41) is 69.6. The second kappa shape index (κ2) is 8.96. The number of hydrogen-bond donors (Lipinski definition) is 7. The summed E-state index contributed by atoms with van der Waals surface area (Å²) in [6, 6.07) is 6.04. The highest BCUT2D eigenvalue weighted by Crippen LogP contribution is 2.46. The van der Waals surface area contributed by atoms with Gasteiger partial charge in [-0.1, -0.05) is 0 Å². The van der Waals surface area contributed by atoms with Gasteiger partial charge in [0.25, 0.3) is 0 Å². The Kier molecular flexibility index (Phi) is 6.53. The van der Waals surface area contributed by atoms with Gasteiger partial charge in [-0.2, -0.15) is 0 Å². The van der Waals surface area contributed by atoms with E-state index >= 15 is 0 Å². The van der Waals surface area contributed by atoms with Gasteiger partial charge in [-0.25, -0.2) is 0 Å². The third-order valence-corrected chi connectivity index (χ3v) is 4.86. The summed E-state index contributed by atoms with van der Waals surface area (Å²) >= 11 is 0. The van der Waals surface area contributed by atoms with E-state index in [1.54, 1.807) is 0 Å². The van der Waals surface area contributed by atoms with Crippen molar-refractivity contribution in [2.75, 3.05) is 13.7 Å². The number of methoxy groups -OCH3 is 1. The summed E-state index contributed by atoms with van der Waals surface area (Å²) in [7, 11) is 1.19.